The second kappa shape index (κ2) is 11.0. The molecule has 0 radical (unpaired) electrons. The average molecular weight is 513 g/mol. The van der Waals surface area contributed by atoms with Crippen molar-refractivity contribution in [3.63, 3.8) is 0 Å². The molecule has 5 rings (SSSR count). The van der Waals surface area contributed by atoms with Crippen molar-refractivity contribution in [1.82, 2.24) is 20.5 Å². The molecule has 2 heterocycles. The molecule has 7 nitrogen and oxygen atoms in total. The summed E-state index contributed by atoms with van der Waals surface area (Å²) >= 11 is 0. The standard InChI is InChI=1S/C31H36N4O3/c1-21(2)28(29(36)34-31(14-17-32-18-15-31)19-22-9-7-8-16-33-22)35(30(37)38)20-27-25-12-5-3-10-23(25)24-11-4-6-13-26(24)27/h3-13,16,21,27-28,32H,14-15,17-20H2,1-2H3,(H,34,36)(H,37,38). The molecule has 1 atom stereocenters. The van der Waals surface area contributed by atoms with Gasteiger partial charge in [-0.1, -0.05) is 68.4 Å². The van der Waals surface area contributed by atoms with Gasteiger partial charge < -0.3 is 15.7 Å². The van der Waals surface area contributed by atoms with E-state index in [4.69, 9.17) is 0 Å². The number of nitrogens with one attached hydrogen (secondary N) is 2. The molecule has 2 aliphatic rings. The van der Waals surface area contributed by atoms with Crippen molar-refractivity contribution in [2.24, 2.45) is 5.92 Å². The maximum Gasteiger partial charge on any atom is 0.408 e. The van der Waals surface area contributed by atoms with E-state index < -0.39 is 17.7 Å². The van der Waals surface area contributed by atoms with E-state index in [0.717, 1.165) is 53.9 Å². The van der Waals surface area contributed by atoms with Crippen LogP contribution in [-0.2, 0) is 11.2 Å². The minimum atomic E-state index is -1.08. The van der Waals surface area contributed by atoms with Gasteiger partial charge in [-0.2, -0.15) is 0 Å². The second-order valence-electron chi connectivity index (χ2n) is 10.9. The Kier molecular flexibility index (Phi) is 7.47. The molecule has 3 aromatic rings. The molecule has 1 aliphatic carbocycles. The lowest BCUT2D eigenvalue weighted by molar-refractivity contribution is -0.129. The van der Waals surface area contributed by atoms with Crippen molar-refractivity contribution in [3.8, 4) is 11.1 Å². The van der Waals surface area contributed by atoms with Crippen LogP contribution in [0, 0.1) is 5.92 Å². The highest BCUT2D eigenvalue weighted by molar-refractivity contribution is 5.86. The number of amides is 2. The largest absolute Gasteiger partial charge is 0.465 e. The molecule has 1 saturated heterocycles. The Morgan fingerprint density at radius 3 is 2.16 bits per heavy atom. The second-order valence-corrected chi connectivity index (χ2v) is 10.9. The van der Waals surface area contributed by atoms with E-state index in [2.05, 4.69) is 39.9 Å². The number of carboxylic acid groups (broad SMARTS) is 1. The Morgan fingerprint density at radius 2 is 1.61 bits per heavy atom. The minimum Gasteiger partial charge on any atom is -0.465 e. The van der Waals surface area contributed by atoms with Crippen LogP contribution >= 0.6 is 0 Å². The number of hydrogen-bond donors (Lipinski definition) is 3. The highest BCUT2D eigenvalue weighted by Gasteiger charge is 2.41. The van der Waals surface area contributed by atoms with E-state index in [1.54, 1.807) is 6.20 Å². The van der Waals surface area contributed by atoms with Crippen LogP contribution in [0.2, 0.25) is 0 Å². The lowest BCUT2D eigenvalue weighted by Crippen LogP contribution is -2.61. The van der Waals surface area contributed by atoms with E-state index in [1.807, 2.05) is 56.3 Å². The van der Waals surface area contributed by atoms with E-state index in [9.17, 15) is 14.7 Å². The van der Waals surface area contributed by atoms with Crippen molar-refractivity contribution in [3.05, 3.63) is 89.7 Å². The molecule has 38 heavy (non-hydrogen) atoms. The minimum absolute atomic E-state index is 0.131. The first-order valence-electron chi connectivity index (χ1n) is 13.5. The topological polar surface area (TPSA) is 94.6 Å². The lowest BCUT2D eigenvalue weighted by atomic mass is 9.83. The number of fused-ring (bicyclic) bond motifs is 3. The number of carbonyl (C=O) groups excluding carboxylic acids is 1. The summed E-state index contributed by atoms with van der Waals surface area (Å²) in [6.45, 7) is 5.64. The van der Waals surface area contributed by atoms with Gasteiger partial charge >= 0.3 is 6.09 Å². The quantitative estimate of drug-likeness (QED) is 0.407. The zero-order valence-electron chi connectivity index (χ0n) is 22.1. The molecule has 0 bridgehead atoms. The van der Waals surface area contributed by atoms with E-state index >= 15 is 0 Å². The third-order valence-electron chi connectivity index (χ3n) is 8.02. The number of carbonyl (C=O) groups is 2. The van der Waals surface area contributed by atoms with Gasteiger partial charge in [0, 0.05) is 36.3 Å². The van der Waals surface area contributed by atoms with Crippen LogP contribution in [-0.4, -0.2) is 58.2 Å². The summed E-state index contributed by atoms with van der Waals surface area (Å²) in [6.07, 6.45) is 2.83. The smallest absolute Gasteiger partial charge is 0.408 e. The van der Waals surface area contributed by atoms with Crippen LogP contribution in [0.1, 0.15) is 49.4 Å². The number of hydrogen-bond acceptors (Lipinski definition) is 4. The molecule has 0 spiro atoms. The lowest BCUT2D eigenvalue weighted by Gasteiger charge is -2.41. The number of rotatable bonds is 8. The number of benzene rings is 2. The van der Waals surface area contributed by atoms with E-state index in [0.29, 0.717) is 6.42 Å². The zero-order chi connectivity index (χ0) is 26.7. The van der Waals surface area contributed by atoms with Gasteiger partial charge in [-0.3, -0.25) is 14.7 Å². The Labute approximate surface area is 224 Å². The third-order valence-corrected chi connectivity index (χ3v) is 8.02. The van der Waals surface area contributed by atoms with E-state index in [-0.39, 0.29) is 24.3 Å². The monoisotopic (exact) mass is 512 g/mol. The molecule has 2 amide bonds. The van der Waals surface area contributed by atoms with E-state index in [1.165, 1.54) is 4.90 Å². The highest BCUT2D eigenvalue weighted by Crippen LogP contribution is 2.45. The van der Waals surface area contributed by atoms with Gasteiger partial charge in [0.05, 0.1) is 0 Å². The number of pyridine rings is 1. The molecule has 1 unspecified atom stereocenters. The van der Waals surface area contributed by atoms with Crippen LogP contribution in [0.15, 0.2) is 72.9 Å². The molecule has 3 N–H and O–H groups in total. The summed E-state index contributed by atoms with van der Waals surface area (Å²) in [5, 5.41) is 17.1. The van der Waals surface area contributed by atoms with Crippen LogP contribution in [0.25, 0.3) is 11.1 Å². The fourth-order valence-electron chi connectivity index (χ4n) is 6.20. The third kappa shape index (κ3) is 5.16. The first kappa shape index (κ1) is 25.9. The Bertz CT molecular complexity index is 1240. The summed E-state index contributed by atoms with van der Waals surface area (Å²) in [5.41, 5.74) is 4.92. The molecule has 2 aromatic carbocycles. The summed E-state index contributed by atoms with van der Waals surface area (Å²) in [6, 6.07) is 21.3. The number of nitrogens with zero attached hydrogens (tertiary/aromatic N) is 2. The molecule has 1 aromatic heterocycles. The highest BCUT2D eigenvalue weighted by atomic mass is 16.4. The zero-order valence-corrected chi connectivity index (χ0v) is 22.1. The number of aromatic nitrogens is 1. The fraction of sp³-hybridized carbons (Fsp3) is 0.387. The Hall–Kier alpha value is -3.71. The summed E-state index contributed by atoms with van der Waals surface area (Å²) in [4.78, 5) is 32.6. The van der Waals surface area contributed by atoms with Gasteiger partial charge in [0.2, 0.25) is 5.91 Å². The van der Waals surface area contributed by atoms with Crippen LogP contribution < -0.4 is 10.6 Å². The first-order valence-corrected chi connectivity index (χ1v) is 13.5. The normalized spacial score (nSPS) is 16.9. The van der Waals surface area contributed by atoms with Crippen molar-refractivity contribution in [2.45, 2.75) is 50.6 Å². The van der Waals surface area contributed by atoms with Gasteiger partial charge in [0.25, 0.3) is 0 Å². The summed E-state index contributed by atoms with van der Waals surface area (Å²) in [5.74, 6) is -0.569. The predicted octanol–water partition coefficient (Wildman–Crippen LogP) is 4.68. The fourth-order valence-corrected chi connectivity index (χ4v) is 6.20. The Morgan fingerprint density at radius 1 is 1.00 bits per heavy atom. The average Bonchev–Trinajstić information content (AvgIpc) is 3.22. The Balaban J connectivity index is 1.44. The molecule has 1 aliphatic heterocycles. The van der Waals surface area contributed by atoms with Crippen LogP contribution in [0.3, 0.4) is 0 Å². The van der Waals surface area contributed by atoms with Crippen molar-refractivity contribution in [2.75, 3.05) is 19.6 Å². The predicted molar refractivity (Wildman–Crippen MR) is 148 cm³/mol. The summed E-state index contributed by atoms with van der Waals surface area (Å²) < 4.78 is 0. The van der Waals surface area contributed by atoms with Crippen LogP contribution in [0.4, 0.5) is 4.79 Å². The molecular weight excluding hydrogens is 476 g/mol. The van der Waals surface area contributed by atoms with Gasteiger partial charge in [-0.05, 0) is 66.2 Å². The summed E-state index contributed by atoms with van der Waals surface area (Å²) in [7, 11) is 0. The van der Waals surface area contributed by atoms with Gasteiger partial charge in [-0.15, -0.1) is 0 Å². The van der Waals surface area contributed by atoms with Crippen molar-refractivity contribution < 1.29 is 14.7 Å². The molecule has 7 heteroatoms. The molecular formula is C31H36N4O3. The van der Waals surface area contributed by atoms with Gasteiger partial charge in [0.1, 0.15) is 6.04 Å². The van der Waals surface area contributed by atoms with Crippen molar-refractivity contribution in [1.29, 1.82) is 0 Å². The molecule has 198 valence electrons. The molecule has 1 fully saturated rings. The maximum absolute atomic E-state index is 14.0. The van der Waals surface area contributed by atoms with Crippen LogP contribution in [0.5, 0.6) is 0 Å². The first-order chi connectivity index (χ1) is 18.4. The van der Waals surface area contributed by atoms with Crippen molar-refractivity contribution >= 4 is 12.0 Å². The van der Waals surface area contributed by atoms with Gasteiger partial charge in [0.15, 0.2) is 0 Å². The van der Waals surface area contributed by atoms with Gasteiger partial charge in [-0.25, -0.2) is 4.79 Å². The molecule has 0 saturated carbocycles. The SMILES string of the molecule is CC(C)C(C(=O)NC1(Cc2ccccn2)CCNCC1)N(CC1c2ccccc2-c2ccccc21)C(=O)O. The maximum atomic E-state index is 14.0. The number of piperidine rings is 1.